The van der Waals surface area contributed by atoms with Crippen molar-refractivity contribution in [1.29, 1.82) is 0 Å². The summed E-state index contributed by atoms with van der Waals surface area (Å²) in [5.41, 5.74) is 1.39. The predicted molar refractivity (Wildman–Crippen MR) is 233 cm³/mol. The standard InChI is InChI=1S/C16H36N4.2C14H10O4.Cu.2NO3.4O.2U/c1-13-11-15(3,4)19-10-8-18-14(2)12-16(5,6)20-9-7-17-13;2*15-13(16)11-7-3-1-5-9(11)10-6-2-4-8-12(10)14(17)18;;2*2-1(3)4;;;;;;/h13-14,17-20H,7-12H2,1-6H3;2*1-8H,(H,15,16)(H,17,18);;;;;;;;;/q;;;+2;2*-1;4*-2;;/p-4/t13-,14+;;;;;;;;;;;. The van der Waals surface area contributed by atoms with Crippen molar-refractivity contribution in [2.45, 2.75) is 77.5 Å². The van der Waals surface area contributed by atoms with Crippen molar-refractivity contribution < 1.29 is 151 Å². The average Bonchev–Trinajstić information content (AvgIpc) is 3.20. The van der Waals surface area contributed by atoms with Crippen LogP contribution >= 0.6 is 0 Å². The first-order valence-electron chi connectivity index (χ1n) is 19.7. The number of nitrogens with one attached hydrogen (secondary N) is 4. The van der Waals surface area contributed by atoms with Crippen molar-refractivity contribution >= 4 is 23.9 Å². The minimum atomic E-state index is -1.75. The zero-order valence-corrected chi connectivity index (χ0v) is 48.4. The summed E-state index contributed by atoms with van der Waals surface area (Å²) < 4.78 is 0. The van der Waals surface area contributed by atoms with Gasteiger partial charge in [0.05, 0.1) is 34.1 Å². The molecule has 0 aromatic heterocycles. The molecule has 5 rings (SSSR count). The van der Waals surface area contributed by atoms with Crippen LogP contribution in [0.4, 0.5) is 0 Å². The first-order valence-corrected chi connectivity index (χ1v) is 19.7. The summed E-state index contributed by atoms with van der Waals surface area (Å²) in [7, 11) is 0. The number of carboxylic acid groups (broad SMARTS) is 4. The molecule has 1 aliphatic rings. The van der Waals surface area contributed by atoms with Crippen LogP contribution in [0.3, 0.4) is 0 Å². The van der Waals surface area contributed by atoms with E-state index in [-0.39, 0.29) is 135 Å². The number of hydrogen-bond donors (Lipinski definition) is 4. The summed E-state index contributed by atoms with van der Waals surface area (Å²) in [6, 6.07) is 25.4. The predicted octanol–water partition coefficient (Wildman–Crippen LogP) is 0.678. The van der Waals surface area contributed by atoms with Crippen molar-refractivity contribution in [1.82, 2.24) is 21.3 Å². The fourth-order valence-corrected chi connectivity index (χ4v) is 6.84. The van der Waals surface area contributed by atoms with Gasteiger partial charge in [0.1, 0.15) is 0 Å². The van der Waals surface area contributed by atoms with E-state index >= 15 is 0 Å². The fourth-order valence-electron chi connectivity index (χ4n) is 6.84. The number of hydrogen-bond acceptors (Lipinski definition) is 18. The molecule has 1 fully saturated rings. The van der Waals surface area contributed by atoms with Crippen LogP contribution in [-0.4, -0.2) is 83.4 Å². The molecule has 1 radical (unpaired) electrons. The third-order valence-corrected chi connectivity index (χ3v) is 9.24. The second kappa shape index (κ2) is 41.0. The van der Waals surface area contributed by atoms with Crippen LogP contribution in [0, 0.1) is 92.9 Å². The summed E-state index contributed by atoms with van der Waals surface area (Å²) in [6.07, 6.45) is 2.29. The molecule has 4 N–H and O–H groups in total. The summed E-state index contributed by atoms with van der Waals surface area (Å²) in [5, 5.41) is 88.1. The maximum absolute atomic E-state index is 11.0. The normalized spacial score (nSPS) is 15.1. The van der Waals surface area contributed by atoms with Crippen LogP contribution in [0.5, 0.6) is 0 Å². The smallest absolute Gasteiger partial charge is 2.00 e. The van der Waals surface area contributed by atoms with E-state index in [4.69, 9.17) is 30.6 Å². The Bertz CT molecular complexity index is 1920. The summed E-state index contributed by atoms with van der Waals surface area (Å²) >= 11 is 0. The van der Waals surface area contributed by atoms with Crippen LogP contribution in [0.1, 0.15) is 95.8 Å². The van der Waals surface area contributed by atoms with E-state index in [1.54, 1.807) is 48.5 Å². The third-order valence-electron chi connectivity index (χ3n) is 9.24. The molecular weight excluding hydrogens is 1440 g/mol. The molecule has 2 atom stereocenters. The first-order chi connectivity index (χ1) is 29.9. The molecule has 27 heteroatoms. The molecule has 0 spiro atoms. The fraction of sp³-hybridized carbons (Fsp3) is 0.364. The number of aromatic carboxylic acids is 4. The summed E-state index contributed by atoms with van der Waals surface area (Å²) in [4.78, 5) is 60.5. The Hall–Kier alpha value is -4.54. The van der Waals surface area contributed by atoms with E-state index in [1.807, 2.05) is 0 Å². The largest absolute Gasteiger partial charge is 2.00 e. The van der Waals surface area contributed by atoms with Gasteiger partial charge in [-0.25, -0.2) is 0 Å². The molecule has 4 aromatic carbocycles. The molecule has 1 heterocycles. The molecule has 1 aliphatic heterocycles. The number of benzene rings is 4. The molecule has 24 nitrogen and oxygen atoms in total. The molecule has 0 bridgehead atoms. The maximum Gasteiger partial charge on any atom is 2.00 e. The number of carbonyl (C=O) groups is 4. The number of rotatable bonds is 6. The van der Waals surface area contributed by atoms with E-state index in [0.29, 0.717) is 34.3 Å². The Morgan fingerprint density at radius 2 is 0.634 bits per heavy atom. The van der Waals surface area contributed by atoms with Crippen molar-refractivity contribution in [3.63, 3.8) is 0 Å². The molecule has 0 saturated carbocycles. The molecule has 0 unspecified atom stereocenters. The van der Waals surface area contributed by atoms with Crippen LogP contribution in [0.2, 0.25) is 0 Å². The topological polar surface area (TPSA) is 455 Å². The van der Waals surface area contributed by atoms with Gasteiger partial charge in [-0.3, -0.25) is 0 Å². The maximum atomic E-state index is 11.0. The number of carboxylic acids is 4. The van der Waals surface area contributed by atoms with Crippen LogP contribution in [0.15, 0.2) is 97.1 Å². The second-order valence-corrected chi connectivity index (χ2v) is 15.5. The summed E-state index contributed by atoms with van der Waals surface area (Å²) in [6.45, 7) is 17.8. The van der Waals surface area contributed by atoms with Gasteiger partial charge < -0.3 is 113 Å². The van der Waals surface area contributed by atoms with E-state index < -0.39 is 34.1 Å². The van der Waals surface area contributed by atoms with Gasteiger partial charge in [-0.2, -0.15) is 0 Å². The molecule has 397 valence electrons. The van der Waals surface area contributed by atoms with E-state index in [1.165, 1.54) is 48.5 Å². The molecule has 0 amide bonds. The molecule has 71 heavy (non-hydrogen) atoms. The van der Waals surface area contributed by atoms with Crippen LogP contribution in [0.25, 0.3) is 22.3 Å². The van der Waals surface area contributed by atoms with Crippen LogP contribution in [-0.2, 0) is 39.0 Å². The Morgan fingerprint density at radius 3 is 0.817 bits per heavy atom. The average molecular weight is 1490 g/mol. The summed E-state index contributed by atoms with van der Waals surface area (Å²) in [5.74, 6) is -5.39. The van der Waals surface area contributed by atoms with Gasteiger partial charge in [0.2, 0.25) is 0 Å². The SMILES string of the molecule is C[C@@H]1CC(C)(C)NCCN[C@@H](C)CC(C)(C)NCCN1.O=C([O-])c1ccccc1-c1ccccc1C(=O)[O-].O=C([O-])c1ccccc1-c1ccccc1C(=O)[O-].O=[N+]([O-])[O-].O=[N+]([O-])[O-].[Cu+2].[O-2].[O-2].[O-2].[O-2].[U].[U]. The van der Waals surface area contributed by atoms with Gasteiger partial charge in [-0.1, -0.05) is 97.1 Å². The van der Waals surface area contributed by atoms with Gasteiger partial charge in [0.25, 0.3) is 0 Å². The molecule has 4 aromatic rings. The van der Waals surface area contributed by atoms with Crippen LogP contribution < -0.4 is 41.7 Å². The third kappa shape index (κ3) is 32.9. The van der Waals surface area contributed by atoms with Crippen molar-refractivity contribution in [3.8, 4) is 22.3 Å². The van der Waals surface area contributed by atoms with Gasteiger partial charge in [-0.15, -0.1) is 0 Å². The van der Waals surface area contributed by atoms with Gasteiger partial charge in [0, 0.05) is 134 Å². The van der Waals surface area contributed by atoms with Gasteiger partial charge >= 0.3 is 17.1 Å². The molecule has 0 aliphatic carbocycles. The van der Waals surface area contributed by atoms with Crippen molar-refractivity contribution in [3.05, 3.63) is 150 Å². The first kappa shape index (κ1) is 80.6. The monoisotopic (exact) mass is 1490 g/mol. The minimum Gasteiger partial charge on any atom is -2.00 e. The number of carbonyl (C=O) groups excluding carboxylic acids is 4. The minimum absolute atomic E-state index is 0. The molecule has 1 saturated heterocycles. The Balaban J connectivity index is -0.000000153. The quantitative estimate of drug-likeness (QED) is 0.117. The Labute approximate surface area is 468 Å². The second-order valence-electron chi connectivity index (χ2n) is 15.5. The van der Waals surface area contributed by atoms with Gasteiger partial charge in [0.15, 0.2) is 0 Å². The Kier molecular flexibility index (Phi) is 46.5. The van der Waals surface area contributed by atoms with E-state index in [2.05, 4.69) is 62.8 Å². The molecular formula is C44H52CuN6O18U2-12. The number of nitrogens with zero attached hydrogens (tertiary/aromatic N) is 2. The van der Waals surface area contributed by atoms with E-state index in [9.17, 15) is 39.6 Å². The van der Waals surface area contributed by atoms with Gasteiger partial charge in [-0.05, 0) is 76.6 Å². The van der Waals surface area contributed by atoms with E-state index in [0.717, 1.165) is 39.0 Å². The Morgan fingerprint density at radius 1 is 0.451 bits per heavy atom. The van der Waals surface area contributed by atoms with Crippen molar-refractivity contribution in [2.24, 2.45) is 0 Å². The zero-order valence-electron chi connectivity index (χ0n) is 39.2. The zero-order chi connectivity index (χ0) is 48.6. The van der Waals surface area contributed by atoms with Crippen molar-refractivity contribution in [2.75, 3.05) is 26.2 Å².